The van der Waals surface area contributed by atoms with Gasteiger partial charge in [-0.05, 0) is 19.1 Å². The number of aromatic amines is 1. The molecule has 0 aliphatic rings. The molecule has 8 heteroatoms. The Balaban J connectivity index is 2.32. The number of nitrogens with one attached hydrogen (secondary N) is 1. The Hall–Kier alpha value is -2.31. The van der Waals surface area contributed by atoms with E-state index in [1.165, 1.54) is 17.8 Å². The van der Waals surface area contributed by atoms with Crippen LogP contribution in [0.25, 0.3) is 16.8 Å². The van der Waals surface area contributed by atoms with Gasteiger partial charge in [-0.15, -0.1) is 0 Å². The standard InChI is InChI=1S/C15H11Cl2N3O3/c1-7-12(9-4-3-8(16)5-11(9)17)13-18-6-10(15(22)23-2)14(21)20(13)19-7/h3-6,19H,1-2H3. The molecule has 3 rings (SSSR count). The second-order valence-electron chi connectivity index (χ2n) is 4.86. The molecule has 1 aromatic carbocycles. The molecular formula is C15H11Cl2N3O3. The van der Waals surface area contributed by atoms with Gasteiger partial charge in [-0.2, -0.15) is 0 Å². The largest absolute Gasteiger partial charge is 0.465 e. The van der Waals surface area contributed by atoms with Gasteiger partial charge in [0.1, 0.15) is 5.56 Å². The summed E-state index contributed by atoms with van der Waals surface area (Å²) in [4.78, 5) is 28.2. The number of H-pyrrole nitrogens is 1. The molecular weight excluding hydrogens is 341 g/mol. The summed E-state index contributed by atoms with van der Waals surface area (Å²) in [6.45, 7) is 1.78. The van der Waals surface area contributed by atoms with Crippen LogP contribution in [0.4, 0.5) is 0 Å². The van der Waals surface area contributed by atoms with Gasteiger partial charge in [-0.1, -0.05) is 29.3 Å². The van der Waals surface area contributed by atoms with Crippen molar-refractivity contribution in [1.29, 1.82) is 0 Å². The van der Waals surface area contributed by atoms with E-state index in [9.17, 15) is 9.59 Å². The van der Waals surface area contributed by atoms with Crippen LogP contribution in [0, 0.1) is 6.92 Å². The molecule has 0 aliphatic carbocycles. The number of benzene rings is 1. The molecule has 0 saturated heterocycles. The number of hydrogen-bond donors (Lipinski definition) is 1. The van der Waals surface area contributed by atoms with E-state index in [-0.39, 0.29) is 5.56 Å². The van der Waals surface area contributed by atoms with E-state index in [1.54, 1.807) is 25.1 Å². The van der Waals surface area contributed by atoms with Gasteiger partial charge in [0.05, 0.1) is 12.1 Å². The first-order valence-electron chi connectivity index (χ1n) is 6.58. The number of carbonyl (C=O) groups excluding carboxylic acids is 1. The summed E-state index contributed by atoms with van der Waals surface area (Å²) < 4.78 is 5.77. The normalized spacial score (nSPS) is 11.0. The van der Waals surface area contributed by atoms with Gasteiger partial charge in [0.15, 0.2) is 5.65 Å². The van der Waals surface area contributed by atoms with E-state index in [2.05, 4.69) is 14.8 Å². The number of methoxy groups -OCH3 is 1. The summed E-state index contributed by atoms with van der Waals surface area (Å²) in [5, 5.41) is 3.84. The smallest absolute Gasteiger partial charge is 0.345 e. The van der Waals surface area contributed by atoms with Gasteiger partial charge in [-0.3, -0.25) is 9.89 Å². The van der Waals surface area contributed by atoms with Crippen LogP contribution in [0.2, 0.25) is 10.0 Å². The van der Waals surface area contributed by atoms with Crippen molar-refractivity contribution in [3.63, 3.8) is 0 Å². The van der Waals surface area contributed by atoms with E-state index < -0.39 is 11.5 Å². The lowest BCUT2D eigenvalue weighted by Crippen LogP contribution is -2.23. The molecule has 0 fully saturated rings. The summed E-state index contributed by atoms with van der Waals surface area (Å²) in [5.41, 5.74) is 1.71. The van der Waals surface area contributed by atoms with Crippen LogP contribution < -0.4 is 5.56 Å². The molecule has 0 bridgehead atoms. The van der Waals surface area contributed by atoms with E-state index in [0.29, 0.717) is 32.5 Å². The zero-order chi connectivity index (χ0) is 16.7. The molecule has 2 heterocycles. The Kier molecular flexibility index (Phi) is 3.87. The molecule has 3 aromatic rings. The number of rotatable bonds is 2. The van der Waals surface area contributed by atoms with Crippen LogP contribution in [0.5, 0.6) is 0 Å². The minimum absolute atomic E-state index is 0.153. The number of hydrogen-bond acceptors (Lipinski definition) is 4. The van der Waals surface area contributed by atoms with E-state index in [4.69, 9.17) is 23.2 Å². The number of nitrogens with zero attached hydrogens (tertiary/aromatic N) is 2. The van der Waals surface area contributed by atoms with Gasteiger partial charge in [-0.25, -0.2) is 14.3 Å². The van der Waals surface area contributed by atoms with E-state index >= 15 is 0 Å². The Bertz CT molecular complexity index is 992. The topological polar surface area (TPSA) is 76.5 Å². The van der Waals surface area contributed by atoms with Gasteiger partial charge in [0, 0.05) is 28.0 Å². The average Bonchev–Trinajstić information content (AvgIpc) is 2.84. The molecule has 0 spiro atoms. The molecule has 2 aromatic heterocycles. The molecule has 0 saturated carbocycles. The zero-order valence-electron chi connectivity index (χ0n) is 12.2. The number of aryl methyl sites for hydroxylation is 1. The number of fused-ring (bicyclic) bond motifs is 1. The highest BCUT2D eigenvalue weighted by atomic mass is 35.5. The maximum atomic E-state index is 12.4. The minimum Gasteiger partial charge on any atom is -0.465 e. The maximum absolute atomic E-state index is 12.4. The molecule has 0 aliphatic heterocycles. The predicted octanol–water partition coefficient (Wildman–Crippen LogP) is 3.09. The lowest BCUT2D eigenvalue weighted by molar-refractivity contribution is 0.0598. The van der Waals surface area contributed by atoms with Gasteiger partial charge in [0.25, 0.3) is 5.56 Å². The van der Waals surface area contributed by atoms with Crippen molar-refractivity contribution in [3.05, 3.63) is 56.1 Å². The van der Waals surface area contributed by atoms with Gasteiger partial charge < -0.3 is 4.74 Å². The third-order valence-corrected chi connectivity index (χ3v) is 3.99. The van der Waals surface area contributed by atoms with Crippen LogP contribution in [-0.2, 0) is 4.74 Å². The summed E-state index contributed by atoms with van der Waals surface area (Å²) in [7, 11) is 1.20. The Labute approximate surface area is 140 Å². The van der Waals surface area contributed by atoms with Crippen LogP contribution in [0.1, 0.15) is 16.1 Å². The molecule has 0 radical (unpaired) electrons. The first-order chi connectivity index (χ1) is 10.9. The third-order valence-electron chi connectivity index (χ3n) is 3.45. The average molecular weight is 352 g/mol. The second kappa shape index (κ2) is 5.72. The second-order valence-corrected chi connectivity index (χ2v) is 5.71. The number of aromatic nitrogens is 3. The van der Waals surface area contributed by atoms with Crippen molar-refractivity contribution in [1.82, 2.24) is 14.6 Å². The van der Waals surface area contributed by atoms with Crippen molar-refractivity contribution in [2.75, 3.05) is 7.11 Å². The zero-order valence-corrected chi connectivity index (χ0v) is 13.7. The highest BCUT2D eigenvalue weighted by molar-refractivity contribution is 6.36. The van der Waals surface area contributed by atoms with Crippen LogP contribution in [-0.4, -0.2) is 27.7 Å². The molecule has 0 atom stereocenters. The summed E-state index contributed by atoms with van der Waals surface area (Å²) in [6, 6.07) is 5.07. The fourth-order valence-corrected chi connectivity index (χ4v) is 2.89. The van der Waals surface area contributed by atoms with Crippen molar-refractivity contribution in [2.24, 2.45) is 0 Å². The highest BCUT2D eigenvalue weighted by Crippen LogP contribution is 2.34. The van der Waals surface area contributed by atoms with Gasteiger partial charge in [0.2, 0.25) is 0 Å². The van der Waals surface area contributed by atoms with Crippen molar-refractivity contribution >= 4 is 34.8 Å². The minimum atomic E-state index is -0.741. The third kappa shape index (κ3) is 2.50. The molecule has 6 nitrogen and oxygen atoms in total. The van der Waals surface area contributed by atoms with Crippen molar-refractivity contribution in [2.45, 2.75) is 6.92 Å². The fourth-order valence-electron chi connectivity index (χ4n) is 2.39. The molecule has 118 valence electrons. The Morgan fingerprint density at radius 1 is 1.35 bits per heavy atom. The molecule has 1 N–H and O–H groups in total. The predicted molar refractivity (Wildman–Crippen MR) is 87.3 cm³/mol. The summed E-state index contributed by atoms with van der Waals surface area (Å²) in [6.07, 6.45) is 1.20. The monoisotopic (exact) mass is 351 g/mol. The van der Waals surface area contributed by atoms with Crippen LogP contribution in [0.3, 0.4) is 0 Å². The van der Waals surface area contributed by atoms with Crippen LogP contribution >= 0.6 is 23.2 Å². The summed E-state index contributed by atoms with van der Waals surface area (Å²) >= 11 is 12.2. The first-order valence-corrected chi connectivity index (χ1v) is 7.33. The lowest BCUT2D eigenvalue weighted by atomic mass is 10.1. The van der Waals surface area contributed by atoms with Crippen molar-refractivity contribution in [3.8, 4) is 11.1 Å². The quantitative estimate of drug-likeness (QED) is 0.719. The number of ether oxygens (including phenoxy) is 1. The number of esters is 1. The molecule has 0 unspecified atom stereocenters. The maximum Gasteiger partial charge on any atom is 0.345 e. The SMILES string of the molecule is COC(=O)c1cnc2c(-c3ccc(Cl)cc3Cl)c(C)[nH]n2c1=O. The number of carbonyl (C=O) groups is 1. The fraction of sp³-hybridized carbons (Fsp3) is 0.133. The number of halogens is 2. The first kappa shape index (κ1) is 15.6. The molecule has 23 heavy (non-hydrogen) atoms. The van der Waals surface area contributed by atoms with Crippen LogP contribution in [0.15, 0.2) is 29.2 Å². The lowest BCUT2D eigenvalue weighted by Gasteiger charge is -2.04. The Morgan fingerprint density at radius 3 is 2.74 bits per heavy atom. The molecule has 0 amide bonds. The highest BCUT2D eigenvalue weighted by Gasteiger charge is 2.20. The summed E-state index contributed by atoms with van der Waals surface area (Å²) in [5.74, 6) is -0.741. The van der Waals surface area contributed by atoms with E-state index in [1.807, 2.05) is 0 Å². The van der Waals surface area contributed by atoms with Gasteiger partial charge >= 0.3 is 5.97 Å². The van der Waals surface area contributed by atoms with E-state index in [0.717, 1.165) is 0 Å². The van der Waals surface area contributed by atoms with Crippen molar-refractivity contribution < 1.29 is 9.53 Å². The Morgan fingerprint density at radius 2 is 2.09 bits per heavy atom.